The Hall–Kier alpha value is -1.75. The highest BCUT2D eigenvalue weighted by molar-refractivity contribution is 5.74. The molecule has 0 radical (unpaired) electrons. The Bertz CT molecular complexity index is 567. The van der Waals surface area contributed by atoms with Gasteiger partial charge in [-0.25, -0.2) is 4.79 Å². The van der Waals surface area contributed by atoms with Crippen LogP contribution in [0, 0.1) is 5.41 Å². The highest BCUT2D eigenvalue weighted by atomic mass is 16.5. The largest absolute Gasteiger partial charge is 0.497 e. The molecule has 3 rings (SSSR count). The summed E-state index contributed by atoms with van der Waals surface area (Å²) in [6, 6.07) is 8.39. The maximum Gasteiger partial charge on any atom is 0.317 e. The normalized spacial score (nSPS) is 20.5. The molecule has 5 heteroatoms. The molecule has 1 aromatic rings. The van der Waals surface area contributed by atoms with Gasteiger partial charge in [0.15, 0.2) is 0 Å². The van der Waals surface area contributed by atoms with E-state index in [0.29, 0.717) is 5.41 Å². The van der Waals surface area contributed by atoms with Gasteiger partial charge in [-0.2, -0.15) is 0 Å². The number of carbonyl (C=O) groups is 1. The molecule has 2 amide bonds. The van der Waals surface area contributed by atoms with Crippen LogP contribution in [0.1, 0.15) is 38.2 Å². The number of aryl methyl sites for hydroxylation is 1. The molecule has 25 heavy (non-hydrogen) atoms. The Morgan fingerprint density at radius 1 is 1.28 bits per heavy atom. The van der Waals surface area contributed by atoms with Gasteiger partial charge in [0.05, 0.1) is 7.11 Å². The molecule has 1 atom stereocenters. The van der Waals surface area contributed by atoms with Crippen molar-refractivity contribution in [1.82, 2.24) is 10.2 Å². The molecule has 5 nitrogen and oxygen atoms in total. The van der Waals surface area contributed by atoms with E-state index in [1.807, 2.05) is 17.0 Å². The lowest BCUT2D eigenvalue weighted by atomic mass is 9.80. The topological polar surface area (TPSA) is 50.8 Å². The highest BCUT2D eigenvalue weighted by Gasteiger charge is 2.41. The Labute approximate surface area is 150 Å². The van der Waals surface area contributed by atoms with Crippen LogP contribution in [0.4, 0.5) is 4.79 Å². The molecule has 1 aromatic carbocycles. The third-order valence-electron chi connectivity index (χ3n) is 5.67. The van der Waals surface area contributed by atoms with Crippen LogP contribution < -0.4 is 10.1 Å². The standard InChI is InChI=1S/C20H30N2O3/c1-16(3-4-17-5-7-18(24-2)8-6-17)21-19(23)22-12-9-20(15-22)10-13-25-14-11-20/h5-8,16H,3-4,9-15H2,1-2H3,(H,21,23). The minimum Gasteiger partial charge on any atom is -0.497 e. The Kier molecular flexibility index (Phi) is 5.84. The number of benzene rings is 1. The van der Waals surface area contributed by atoms with Crippen LogP contribution in [0.3, 0.4) is 0 Å². The summed E-state index contributed by atoms with van der Waals surface area (Å²) < 4.78 is 10.7. The smallest absolute Gasteiger partial charge is 0.317 e. The first-order chi connectivity index (χ1) is 12.1. The molecule has 2 heterocycles. The van der Waals surface area contributed by atoms with Gasteiger partial charge in [-0.3, -0.25) is 0 Å². The molecule has 0 saturated carbocycles. The number of nitrogens with one attached hydrogen (secondary N) is 1. The number of amides is 2. The first kappa shape index (κ1) is 18.1. The molecule has 2 aliphatic heterocycles. The lowest BCUT2D eigenvalue weighted by Crippen LogP contribution is -2.44. The van der Waals surface area contributed by atoms with E-state index >= 15 is 0 Å². The molecule has 0 aromatic heterocycles. The molecular formula is C20H30N2O3. The molecule has 2 aliphatic rings. The van der Waals surface area contributed by atoms with Gasteiger partial charge in [0, 0.05) is 32.3 Å². The van der Waals surface area contributed by atoms with E-state index < -0.39 is 0 Å². The zero-order chi connectivity index (χ0) is 17.7. The number of nitrogens with zero attached hydrogens (tertiary/aromatic N) is 1. The summed E-state index contributed by atoms with van der Waals surface area (Å²) in [6.45, 7) is 5.52. The van der Waals surface area contributed by atoms with Crippen molar-refractivity contribution in [2.45, 2.75) is 45.1 Å². The third-order valence-corrected chi connectivity index (χ3v) is 5.67. The second-order valence-electron chi connectivity index (χ2n) is 7.52. The van der Waals surface area contributed by atoms with Gasteiger partial charge in [0.1, 0.15) is 5.75 Å². The van der Waals surface area contributed by atoms with E-state index in [0.717, 1.165) is 64.2 Å². The van der Waals surface area contributed by atoms with Crippen LogP contribution in [-0.2, 0) is 11.2 Å². The number of methoxy groups -OCH3 is 1. The lowest BCUT2D eigenvalue weighted by molar-refractivity contribution is 0.0208. The van der Waals surface area contributed by atoms with E-state index in [4.69, 9.17) is 9.47 Å². The van der Waals surface area contributed by atoms with E-state index in [1.165, 1.54) is 5.56 Å². The predicted octanol–water partition coefficient (Wildman–Crippen LogP) is 3.23. The summed E-state index contributed by atoms with van der Waals surface area (Å²) in [5.41, 5.74) is 1.58. The zero-order valence-corrected chi connectivity index (χ0v) is 15.4. The summed E-state index contributed by atoms with van der Waals surface area (Å²) in [4.78, 5) is 14.5. The van der Waals surface area contributed by atoms with Crippen molar-refractivity contribution in [3.05, 3.63) is 29.8 Å². The summed E-state index contributed by atoms with van der Waals surface area (Å²) in [5.74, 6) is 0.876. The highest BCUT2D eigenvalue weighted by Crippen LogP contribution is 2.39. The average Bonchev–Trinajstić information content (AvgIpc) is 3.04. The van der Waals surface area contributed by atoms with E-state index in [9.17, 15) is 4.79 Å². The van der Waals surface area contributed by atoms with Crippen molar-refractivity contribution in [2.24, 2.45) is 5.41 Å². The number of carbonyl (C=O) groups excluding carboxylic acids is 1. The van der Waals surface area contributed by atoms with Crippen LogP contribution in [0.5, 0.6) is 5.75 Å². The van der Waals surface area contributed by atoms with Crippen molar-refractivity contribution in [2.75, 3.05) is 33.4 Å². The SMILES string of the molecule is COc1ccc(CCC(C)NC(=O)N2CCC3(CCOCC3)C2)cc1. The molecule has 1 N–H and O–H groups in total. The van der Waals surface area contributed by atoms with Gasteiger partial charge in [-0.15, -0.1) is 0 Å². The molecule has 0 bridgehead atoms. The van der Waals surface area contributed by atoms with Crippen molar-refractivity contribution in [1.29, 1.82) is 0 Å². The van der Waals surface area contributed by atoms with Gasteiger partial charge in [-0.1, -0.05) is 12.1 Å². The number of ether oxygens (including phenoxy) is 2. The van der Waals surface area contributed by atoms with Gasteiger partial charge >= 0.3 is 6.03 Å². The van der Waals surface area contributed by atoms with Crippen LogP contribution in [0.15, 0.2) is 24.3 Å². The zero-order valence-electron chi connectivity index (χ0n) is 15.4. The molecule has 138 valence electrons. The quantitative estimate of drug-likeness (QED) is 0.890. The van der Waals surface area contributed by atoms with Gasteiger partial charge in [-0.05, 0) is 62.1 Å². The van der Waals surface area contributed by atoms with E-state index in [1.54, 1.807) is 7.11 Å². The molecule has 1 unspecified atom stereocenters. The summed E-state index contributed by atoms with van der Waals surface area (Å²) >= 11 is 0. The van der Waals surface area contributed by atoms with Gasteiger partial charge in [0.25, 0.3) is 0 Å². The number of hydrogen-bond donors (Lipinski definition) is 1. The van der Waals surface area contributed by atoms with E-state index in [2.05, 4.69) is 24.4 Å². The lowest BCUT2D eigenvalue weighted by Gasteiger charge is -2.33. The maximum absolute atomic E-state index is 12.5. The van der Waals surface area contributed by atoms with Crippen molar-refractivity contribution in [3.8, 4) is 5.75 Å². The van der Waals surface area contributed by atoms with Crippen LogP contribution >= 0.6 is 0 Å². The number of rotatable bonds is 5. The van der Waals surface area contributed by atoms with Gasteiger partial charge in [0.2, 0.25) is 0 Å². The van der Waals surface area contributed by atoms with Crippen molar-refractivity contribution < 1.29 is 14.3 Å². The van der Waals surface area contributed by atoms with Crippen LogP contribution in [0.2, 0.25) is 0 Å². The summed E-state index contributed by atoms with van der Waals surface area (Å²) in [7, 11) is 1.68. The second-order valence-corrected chi connectivity index (χ2v) is 7.52. The first-order valence-corrected chi connectivity index (χ1v) is 9.36. The minimum absolute atomic E-state index is 0.0885. The third kappa shape index (κ3) is 4.66. The maximum atomic E-state index is 12.5. The predicted molar refractivity (Wildman–Crippen MR) is 98.0 cm³/mol. The molecular weight excluding hydrogens is 316 g/mol. The number of urea groups is 1. The summed E-state index contributed by atoms with van der Waals surface area (Å²) in [5, 5.41) is 3.17. The average molecular weight is 346 g/mol. The van der Waals surface area contributed by atoms with Crippen molar-refractivity contribution >= 4 is 6.03 Å². The number of likely N-dealkylation sites (tertiary alicyclic amines) is 1. The fourth-order valence-corrected chi connectivity index (χ4v) is 3.87. The minimum atomic E-state index is 0.0885. The molecule has 1 spiro atoms. The molecule has 2 saturated heterocycles. The second kappa shape index (κ2) is 8.09. The Balaban J connectivity index is 1.42. The monoisotopic (exact) mass is 346 g/mol. The summed E-state index contributed by atoms with van der Waals surface area (Å²) in [6.07, 6.45) is 5.18. The van der Waals surface area contributed by atoms with E-state index in [-0.39, 0.29) is 12.1 Å². The molecule has 2 fully saturated rings. The first-order valence-electron chi connectivity index (χ1n) is 9.36. The number of hydrogen-bond acceptors (Lipinski definition) is 3. The Morgan fingerprint density at radius 2 is 2.00 bits per heavy atom. The molecule has 0 aliphatic carbocycles. The fraction of sp³-hybridized carbons (Fsp3) is 0.650. The van der Waals surface area contributed by atoms with Gasteiger partial charge < -0.3 is 19.7 Å². The fourth-order valence-electron chi connectivity index (χ4n) is 3.87. The Morgan fingerprint density at radius 3 is 2.68 bits per heavy atom. The van der Waals surface area contributed by atoms with Crippen LogP contribution in [-0.4, -0.2) is 50.4 Å². The van der Waals surface area contributed by atoms with Crippen molar-refractivity contribution in [3.63, 3.8) is 0 Å². The van der Waals surface area contributed by atoms with Crippen LogP contribution in [0.25, 0.3) is 0 Å².